The lowest BCUT2D eigenvalue weighted by Gasteiger charge is -2.19. The van der Waals surface area contributed by atoms with Crippen LogP contribution in [0.25, 0.3) is 22.3 Å². The molecular formula is C25H28. The van der Waals surface area contributed by atoms with Crippen molar-refractivity contribution in [2.75, 3.05) is 0 Å². The molecule has 0 aliphatic rings. The monoisotopic (exact) mass is 328 g/mol. The number of benzene rings is 3. The molecule has 0 aliphatic heterocycles. The first-order valence-corrected chi connectivity index (χ1v) is 9.06. The fourth-order valence-corrected chi connectivity index (χ4v) is 4.03. The second kappa shape index (κ2) is 6.52. The van der Waals surface area contributed by atoms with Crippen LogP contribution in [-0.2, 0) is 0 Å². The zero-order valence-corrected chi connectivity index (χ0v) is 16.5. The molecule has 0 nitrogen and oxygen atoms in total. The Kier molecular flexibility index (Phi) is 4.56. The molecule has 25 heavy (non-hydrogen) atoms. The molecule has 0 atom stereocenters. The third-order valence-electron chi connectivity index (χ3n) is 5.63. The van der Waals surface area contributed by atoms with Gasteiger partial charge in [0.05, 0.1) is 0 Å². The number of rotatable bonds is 2. The third-order valence-corrected chi connectivity index (χ3v) is 5.63. The van der Waals surface area contributed by atoms with Crippen molar-refractivity contribution in [1.82, 2.24) is 0 Å². The van der Waals surface area contributed by atoms with Crippen LogP contribution in [0.1, 0.15) is 38.9 Å². The standard InChI is InChI=1S/C25H28/c1-15-13-17(3)25(18(4)14-15)24-12-11-23(20(6)21(24)7)22-10-8-9-16(2)19(22)5/h8-14H,1-7H3. The minimum absolute atomic E-state index is 1.33. The highest BCUT2D eigenvalue weighted by atomic mass is 14.2. The molecule has 0 aromatic heterocycles. The molecule has 128 valence electrons. The van der Waals surface area contributed by atoms with Crippen LogP contribution in [0.15, 0.2) is 42.5 Å². The Balaban J connectivity index is 2.22. The molecule has 0 bridgehead atoms. The number of aryl methyl sites for hydroxylation is 4. The zero-order chi connectivity index (χ0) is 18.3. The molecule has 0 saturated heterocycles. The summed E-state index contributed by atoms with van der Waals surface area (Å²) in [5.41, 5.74) is 15.0. The average Bonchev–Trinajstić information content (AvgIpc) is 2.54. The minimum atomic E-state index is 1.33. The van der Waals surface area contributed by atoms with E-state index in [1.54, 1.807) is 0 Å². The summed E-state index contributed by atoms with van der Waals surface area (Å²) in [7, 11) is 0. The van der Waals surface area contributed by atoms with E-state index in [9.17, 15) is 0 Å². The Labute approximate surface area is 152 Å². The van der Waals surface area contributed by atoms with Crippen molar-refractivity contribution in [1.29, 1.82) is 0 Å². The van der Waals surface area contributed by atoms with Crippen LogP contribution in [0.2, 0.25) is 0 Å². The van der Waals surface area contributed by atoms with Crippen molar-refractivity contribution >= 4 is 0 Å². The maximum Gasteiger partial charge on any atom is -0.0122 e. The predicted octanol–water partition coefficient (Wildman–Crippen LogP) is 7.18. The lowest BCUT2D eigenvalue weighted by molar-refractivity contribution is 1.28. The fourth-order valence-electron chi connectivity index (χ4n) is 4.03. The molecule has 0 heteroatoms. The van der Waals surface area contributed by atoms with Gasteiger partial charge in [-0.05, 0) is 104 Å². The van der Waals surface area contributed by atoms with E-state index >= 15 is 0 Å². The minimum Gasteiger partial charge on any atom is -0.0614 e. The molecule has 0 saturated carbocycles. The van der Waals surface area contributed by atoms with Gasteiger partial charge in [-0.1, -0.05) is 48.0 Å². The van der Waals surface area contributed by atoms with Gasteiger partial charge in [-0.15, -0.1) is 0 Å². The Bertz CT molecular complexity index is 935. The molecule has 0 amide bonds. The van der Waals surface area contributed by atoms with Crippen molar-refractivity contribution in [2.24, 2.45) is 0 Å². The largest absolute Gasteiger partial charge is 0.0614 e. The van der Waals surface area contributed by atoms with Gasteiger partial charge < -0.3 is 0 Å². The lowest BCUT2D eigenvalue weighted by Crippen LogP contribution is -1.97. The first kappa shape index (κ1) is 17.5. The van der Waals surface area contributed by atoms with E-state index in [0.717, 1.165) is 0 Å². The second-order valence-electron chi connectivity index (χ2n) is 7.43. The normalized spacial score (nSPS) is 11.0. The molecule has 0 aliphatic carbocycles. The summed E-state index contributed by atoms with van der Waals surface area (Å²) < 4.78 is 0. The van der Waals surface area contributed by atoms with E-state index in [0.29, 0.717) is 0 Å². The van der Waals surface area contributed by atoms with Crippen molar-refractivity contribution < 1.29 is 0 Å². The predicted molar refractivity (Wildman–Crippen MR) is 110 cm³/mol. The summed E-state index contributed by atoms with van der Waals surface area (Å²) in [6, 6.07) is 15.8. The fraction of sp³-hybridized carbons (Fsp3) is 0.280. The second-order valence-corrected chi connectivity index (χ2v) is 7.43. The highest BCUT2D eigenvalue weighted by Gasteiger charge is 2.14. The highest BCUT2D eigenvalue weighted by molar-refractivity contribution is 5.81. The molecule has 3 aromatic rings. The summed E-state index contributed by atoms with van der Waals surface area (Å²) in [4.78, 5) is 0. The van der Waals surface area contributed by atoms with Crippen molar-refractivity contribution in [3.8, 4) is 22.3 Å². The Morgan fingerprint density at radius 1 is 0.480 bits per heavy atom. The Hall–Kier alpha value is -2.34. The first-order valence-electron chi connectivity index (χ1n) is 9.06. The van der Waals surface area contributed by atoms with Crippen LogP contribution in [-0.4, -0.2) is 0 Å². The van der Waals surface area contributed by atoms with Gasteiger partial charge in [-0.2, -0.15) is 0 Å². The van der Waals surface area contributed by atoms with Crippen LogP contribution < -0.4 is 0 Å². The van der Waals surface area contributed by atoms with Gasteiger partial charge >= 0.3 is 0 Å². The molecule has 3 rings (SSSR count). The lowest BCUT2D eigenvalue weighted by atomic mass is 9.85. The quantitative estimate of drug-likeness (QED) is 0.467. The van der Waals surface area contributed by atoms with Gasteiger partial charge in [0.25, 0.3) is 0 Å². The number of hydrogen-bond donors (Lipinski definition) is 0. The molecule has 0 N–H and O–H groups in total. The molecule has 0 spiro atoms. The van der Waals surface area contributed by atoms with Crippen molar-refractivity contribution in [2.45, 2.75) is 48.5 Å². The van der Waals surface area contributed by atoms with Crippen LogP contribution >= 0.6 is 0 Å². The van der Waals surface area contributed by atoms with Crippen molar-refractivity contribution in [3.63, 3.8) is 0 Å². The van der Waals surface area contributed by atoms with Gasteiger partial charge in [0.2, 0.25) is 0 Å². The highest BCUT2D eigenvalue weighted by Crippen LogP contribution is 2.37. The molecule has 0 radical (unpaired) electrons. The zero-order valence-electron chi connectivity index (χ0n) is 16.5. The van der Waals surface area contributed by atoms with Crippen LogP contribution in [0.4, 0.5) is 0 Å². The summed E-state index contributed by atoms with van der Waals surface area (Å²) in [6.07, 6.45) is 0. The van der Waals surface area contributed by atoms with E-state index < -0.39 is 0 Å². The molecular weight excluding hydrogens is 300 g/mol. The van der Waals surface area contributed by atoms with E-state index in [-0.39, 0.29) is 0 Å². The molecule has 0 fully saturated rings. The summed E-state index contributed by atoms with van der Waals surface area (Å²) >= 11 is 0. The Morgan fingerprint density at radius 3 is 1.64 bits per heavy atom. The van der Waals surface area contributed by atoms with Gasteiger partial charge in [-0.25, -0.2) is 0 Å². The van der Waals surface area contributed by atoms with E-state index in [4.69, 9.17) is 0 Å². The van der Waals surface area contributed by atoms with Gasteiger partial charge in [-0.3, -0.25) is 0 Å². The third kappa shape index (κ3) is 3.02. The SMILES string of the molecule is Cc1cc(C)c(-c2ccc(-c3cccc(C)c3C)c(C)c2C)c(C)c1. The Morgan fingerprint density at radius 2 is 1.00 bits per heavy atom. The maximum absolute atomic E-state index is 2.31. The molecule has 3 aromatic carbocycles. The van der Waals surface area contributed by atoms with E-state index in [1.807, 2.05) is 0 Å². The number of hydrogen-bond acceptors (Lipinski definition) is 0. The topological polar surface area (TPSA) is 0 Å². The average molecular weight is 328 g/mol. The molecule has 0 unspecified atom stereocenters. The first-order chi connectivity index (χ1) is 11.8. The van der Waals surface area contributed by atoms with Crippen LogP contribution in [0.3, 0.4) is 0 Å². The van der Waals surface area contributed by atoms with Gasteiger partial charge in [0, 0.05) is 0 Å². The smallest absolute Gasteiger partial charge is 0.0122 e. The summed E-state index contributed by atoms with van der Waals surface area (Å²) in [6.45, 7) is 15.6. The van der Waals surface area contributed by atoms with Crippen LogP contribution in [0, 0.1) is 48.5 Å². The van der Waals surface area contributed by atoms with Crippen LogP contribution in [0.5, 0.6) is 0 Å². The summed E-state index contributed by atoms with van der Waals surface area (Å²) in [5, 5.41) is 0. The van der Waals surface area contributed by atoms with Gasteiger partial charge in [0.15, 0.2) is 0 Å². The van der Waals surface area contributed by atoms with E-state index in [1.165, 1.54) is 61.2 Å². The van der Waals surface area contributed by atoms with Crippen molar-refractivity contribution in [3.05, 3.63) is 81.4 Å². The summed E-state index contributed by atoms with van der Waals surface area (Å²) in [5.74, 6) is 0. The maximum atomic E-state index is 2.31. The van der Waals surface area contributed by atoms with Gasteiger partial charge in [0.1, 0.15) is 0 Å². The molecule has 0 heterocycles. The van der Waals surface area contributed by atoms with E-state index in [2.05, 4.69) is 90.9 Å².